The Morgan fingerprint density at radius 1 is 1.14 bits per heavy atom. The molecule has 6 rings (SSSR count). The van der Waals surface area contributed by atoms with Gasteiger partial charge in [0.15, 0.2) is 0 Å². The van der Waals surface area contributed by atoms with Crippen LogP contribution in [-0.4, -0.2) is 61.9 Å². The summed E-state index contributed by atoms with van der Waals surface area (Å²) in [6, 6.07) is 10.3. The van der Waals surface area contributed by atoms with E-state index in [4.69, 9.17) is 5.73 Å². The van der Waals surface area contributed by atoms with Crippen molar-refractivity contribution in [1.82, 2.24) is 29.9 Å². The number of hydrogen-bond acceptors (Lipinski definition) is 8. The van der Waals surface area contributed by atoms with Gasteiger partial charge in [-0.1, -0.05) is 30.7 Å². The molecule has 1 aromatic carbocycles. The Morgan fingerprint density at radius 3 is 2.81 bits per heavy atom. The van der Waals surface area contributed by atoms with E-state index >= 15 is 0 Å². The third-order valence-corrected chi connectivity index (χ3v) is 8.84. The Hall–Kier alpha value is -3.27. The third-order valence-electron chi connectivity index (χ3n) is 7.66. The van der Waals surface area contributed by atoms with E-state index in [9.17, 15) is 4.79 Å². The second-order valence-electron chi connectivity index (χ2n) is 9.99. The van der Waals surface area contributed by atoms with Gasteiger partial charge in [0.05, 0.1) is 10.9 Å². The molecule has 2 atom stereocenters. The lowest BCUT2D eigenvalue weighted by molar-refractivity contribution is -0.137. The van der Waals surface area contributed by atoms with Crippen LogP contribution in [0.5, 0.6) is 0 Å². The number of carbonyl (C=O) groups excluding carboxylic acids is 1. The molecule has 4 heterocycles. The first-order chi connectivity index (χ1) is 17.6. The number of para-hydroxylation sites is 1. The molecule has 2 unspecified atom stereocenters. The lowest BCUT2D eigenvalue weighted by Gasteiger charge is -2.38. The van der Waals surface area contributed by atoms with Gasteiger partial charge in [-0.3, -0.25) is 4.79 Å². The predicted molar refractivity (Wildman–Crippen MR) is 143 cm³/mol. The first-order valence-corrected chi connectivity index (χ1v) is 13.8. The van der Waals surface area contributed by atoms with Gasteiger partial charge >= 0.3 is 0 Å². The maximum absolute atomic E-state index is 13.5. The standard InChI is InChI=1S/C26H32N8OS/c1-2-19-15-20-23(28-26(27)29-24(20)36-19)32-10-12-33(13-11-32)25(35)18-7-5-6-17(14-18)16-34-22-9-4-3-8-21(22)30-31-34/h3-4,8-9,15,17-18H,2,5-7,10-14,16H2,1H3,(H2,27,28,29). The third kappa shape index (κ3) is 4.38. The van der Waals surface area contributed by atoms with Gasteiger partial charge in [-0.2, -0.15) is 4.98 Å². The summed E-state index contributed by atoms with van der Waals surface area (Å²) in [4.78, 5) is 29.1. The highest BCUT2D eigenvalue weighted by Crippen LogP contribution is 2.34. The van der Waals surface area contributed by atoms with E-state index in [-0.39, 0.29) is 5.92 Å². The number of benzene rings is 1. The molecular formula is C26H32N8OS. The van der Waals surface area contributed by atoms with Crippen LogP contribution in [0.4, 0.5) is 11.8 Å². The quantitative estimate of drug-likeness (QED) is 0.441. The highest BCUT2D eigenvalue weighted by Gasteiger charge is 2.33. The fraction of sp³-hybridized carbons (Fsp3) is 0.500. The molecule has 2 N–H and O–H groups in total. The molecular weight excluding hydrogens is 472 g/mol. The van der Waals surface area contributed by atoms with Gasteiger partial charge in [0.2, 0.25) is 11.9 Å². The molecule has 188 valence electrons. The molecule has 0 radical (unpaired) electrons. The van der Waals surface area contributed by atoms with E-state index in [1.165, 1.54) is 4.88 Å². The molecule has 9 nitrogen and oxygen atoms in total. The van der Waals surface area contributed by atoms with Crippen molar-refractivity contribution in [2.75, 3.05) is 36.8 Å². The monoisotopic (exact) mass is 504 g/mol. The molecule has 1 saturated carbocycles. The number of anilines is 2. The summed E-state index contributed by atoms with van der Waals surface area (Å²) < 4.78 is 2.01. The number of amides is 1. The van der Waals surface area contributed by atoms with Crippen LogP contribution in [0.3, 0.4) is 0 Å². The van der Waals surface area contributed by atoms with E-state index in [1.807, 2.05) is 22.9 Å². The second-order valence-corrected chi connectivity index (χ2v) is 11.1. The van der Waals surface area contributed by atoms with E-state index in [0.717, 1.165) is 78.8 Å². The SMILES string of the molecule is CCc1cc2c(N3CCN(C(=O)C4CCCC(Cn5nnc6ccccc65)C4)CC3)nc(N)nc2s1. The van der Waals surface area contributed by atoms with Gasteiger partial charge in [-0.15, -0.1) is 16.4 Å². The van der Waals surface area contributed by atoms with Gasteiger partial charge < -0.3 is 15.5 Å². The summed E-state index contributed by atoms with van der Waals surface area (Å²) in [5.41, 5.74) is 8.02. The zero-order valence-electron chi connectivity index (χ0n) is 20.6. The van der Waals surface area contributed by atoms with E-state index < -0.39 is 0 Å². The maximum atomic E-state index is 13.5. The lowest BCUT2D eigenvalue weighted by Crippen LogP contribution is -2.51. The summed E-state index contributed by atoms with van der Waals surface area (Å²) >= 11 is 1.68. The van der Waals surface area contributed by atoms with Crippen molar-refractivity contribution in [2.45, 2.75) is 45.6 Å². The zero-order chi connectivity index (χ0) is 24.6. The van der Waals surface area contributed by atoms with Gasteiger partial charge in [0.1, 0.15) is 16.2 Å². The zero-order valence-corrected chi connectivity index (χ0v) is 21.5. The molecule has 1 amide bonds. The Kier molecular flexibility index (Phi) is 6.20. The first kappa shape index (κ1) is 23.1. The minimum atomic E-state index is 0.0930. The predicted octanol–water partition coefficient (Wildman–Crippen LogP) is 3.74. The smallest absolute Gasteiger partial charge is 0.225 e. The number of piperazine rings is 1. The van der Waals surface area contributed by atoms with Crippen molar-refractivity contribution in [3.05, 3.63) is 35.2 Å². The Labute approximate surface area is 214 Å². The van der Waals surface area contributed by atoms with Gasteiger partial charge in [0, 0.05) is 43.5 Å². The summed E-state index contributed by atoms with van der Waals surface area (Å²) in [6.07, 6.45) is 5.09. The molecule has 3 aromatic heterocycles. The van der Waals surface area contributed by atoms with Crippen molar-refractivity contribution in [3.63, 3.8) is 0 Å². The van der Waals surface area contributed by atoms with Gasteiger partial charge in [0.25, 0.3) is 0 Å². The van der Waals surface area contributed by atoms with Crippen LogP contribution in [0.1, 0.15) is 37.5 Å². The molecule has 1 saturated heterocycles. The topological polar surface area (TPSA) is 106 Å². The maximum Gasteiger partial charge on any atom is 0.225 e. The van der Waals surface area contributed by atoms with Gasteiger partial charge in [-0.05, 0) is 49.8 Å². The van der Waals surface area contributed by atoms with Crippen molar-refractivity contribution in [1.29, 1.82) is 0 Å². The number of nitrogen functional groups attached to an aromatic ring is 1. The van der Waals surface area contributed by atoms with Crippen LogP contribution in [0.2, 0.25) is 0 Å². The molecule has 2 aliphatic rings. The molecule has 2 fully saturated rings. The average Bonchev–Trinajstić information content (AvgIpc) is 3.52. The Balaban J connectivity index is 1.10. The number of thiophene rings is 1. The van der Waals surface area contributed by atoms with Crippen LogP contribution in [0, 0.1) is 11.8 Å². The van der Waals surface area contributed by atoms with Crippen LogP contribution in [0.25, 0.3) is 21.3 Å². The van der Waals surface area contributed by atoms with E-state index in [0.29, 0.717) is 30.9 Å². The van der Waals surface area contributed by atoms with Crippen molar-refractivity contribution < 1.29 is 4.79 Å². The van der Waals surface area contributed by atoms with E-state index in [2.05, 4.69) is 49.1 Å². The summed E-state index contributed by atoms with van der Waals surface area (Å²) in [5.74, 6) is 2.06. The van der Waals surface area contributed by atoms with Crippen molar-refractivity contribution in [3.8, 4) is 0 Å². The van der Waals surface area contributed by atoms with Crippen molar-refractivity contribution in [2.24, 2.45) is 11.8 Å². The van der Waals surface area contributed by atoms with Crippen LogP contribution < -0.4 is 10.6 Å². The van der Waals surface area contributed by atoms with Crippen LogP contribution in [0.15, 0.2) is 30.3 Å². The number of carbonyl (C=O) groups is 1. The Bertz CT molecular complexity index is 1390. The number of rotatable bonds is 5. The largest absolute Gasteiger partial charge is 0.368 e. The lowest BCUT2D eigenvalue weighted by atomic mass is 9.80. The number of aromatic nitrogens is 5. The minimum absolute atomic E-state index is 0.0930. The first-order valence-electron chi connectivity index (χ1n) is 13.0. The summed E-state index contributed by atoms with van der Waals surface area (Å²) in [5, 5.41) is 9.73. The normalized spacial score (nSPS) is 20.9. The highest BCUT2D eigenvalue weighted by molar-refractivity contribution is 7.18. The molecule has 0 bridgehead atoms. The summed E-state index contributed by atoms with van der Waals surface area (Å²) in [6.45, 7) is 5.91. The summed E-state index contributed by atoms with van der Waals surface area (Å²) in [7, 11) is 0. The molecule has 0 spiro atoms. The molecule has 1 aliphatic carbocycles. The fourth-order valence-corrected chi connectivity index (χ4v) is 6.73. The van der Waals surface area contributed by atoms with E-state index in [1.54, 1.807) is 11.3 Å². The molecule has 1 aliphatic heterocycles. The average molecular weight is 505 g/mol. The number of fused-ring (bicyclic) bond motifs is 2. The minimum Gasteiger partial charge on any atom is -0.368 e. The van der Waals surface area contributed by atoms with Crippen LogP contribution >= 0.6 is 11.3 Å². The van der Waals surface area contributed by atoms with Crippen LogP contribution in [-0.2, 0) is 17.8 Å². The van der Waals surface area contributed by atoms with Crippen molar-refractivity contribution >= 4 is 50.3 Å². The molecule has 10 heteroatoms. The molecule has 36 heavy (non-hydrogen) atoms. The second kappa shape index (κ2) is 9.65. The van der Waals surface area contributed by atoms with Gasteiger partial charge in [-0.25, -0.2) is 9.67 Å². The Morgan fingerprint density at radius 2 is 1.97 bits per heavy atom. The number of hydrogen-bond donors (Lipinski definition) is 1. The highest BCUT2D eigenvalue weighted by atomic mass is 32.1. The fourth-order valence-electron chi connectivity index (χ4n) is 5.76. The number of nitrogens with zero attached hydrogens (tertiary/aromatic N) is 7. The molecule has 4 aromatic rings. The number of nitrogens with two attached hydrogens (primary N) is 1. The number of aryl methyl sites for hydroxylation is 1.